The number of carbonyl (C=O) groups excluding carboxylic acids is 1. The van der Waals surface area contributed by atoms with Crippen LogP contribution in [0.4, 0.5) is 10.2 Å². The smallest absolute Gasteiger partial charge is 0.202 e. The molecule has 0 fully saturated rings. The number of aromatic nitrogens is 2. The maximum Gasteiger partial charge on any atom is 0.202 e. The van der Waals surface area contributed by atoms with Crippen LogP contribution in [0.2, 0.25) is 0 Å². The fraction of sp³-hybridized carbons (Fsp3) is 0. The second-order valence-electron chi connectivity index (χ2n) is 3.51. The Kier molecular flexibility index (Phi) is 3.78. The topological polar surface area (TPSA) is 68.9 Å². The lowest BCUT2D eigenvalue weighted by Crippen LogP contribution is -2.08. The van der Waals surface area contributed by atoms with Crippen LogP contribution in [0.25, 0.3) is 0 Å². The van der Waals surface area contributed by atoms with Crippen LogP contribution < -0.4 is 5.73 Å². The number of rotatable bonds is 3. The van der Waals surface area contributed by atoms with Gasteiger partial charge in [0.05, 0.1) is 5.56 Å². The van der Waals surface area contributed by atoms with E-state index in [9.17, 15) is 9.18 Å². The quantitative estimate of drug-likeness (QED) is 0.401. The van der Waals surface area contributed by atoms with Crippen LogP contribution in [0.3, 0.4) is 0 Å². The molecule has 0 aliphatic rings. The first-order valence-electron chi connectivity index (χ1n) is 5.17. The molecule has 2 rings (SSSR count). The lowest BCUT2D eigenvalue weighted by atomic mass is 10.1. The van der Waals surface area contributed by atoms with Gasteiger partial charge < -0.3 is 5.73 Å². The Morgan fingerprint density at radius 1 is 1.37 bits per heavy atom. The Morgan fingerprint density at radius 3 is 2.63 bits per heavy atom. The van der Waals surface area contributed by atoms with Crippen LogP contribution in [0.1, 0.15) is 15.9 Å². The monoisotopic (exact) mass is 273 g/mol. The Labute approximate surface area is 113 Å². The van der Waals surface area contributed by atoms with Crippen molar-refractivity contribution in [1.29, 1.82) is 0 Å². The van der Waals surface area contributed by atoms with E-state index in [-0.39, 0.29) is 17.2 Å². The fourth-order valence-electron chi connectivity index (χ4n) is 1.41. The lowest BCUT2D eigenvalue weighted by molar-refractivity contribution is 0.103. The van der Waals surface area contributed by atoms with Gasteiger partial charge >= 0.3 is 0 Å². The van der Waals surface area contributed by atoms with Crippen LogP contribution >= 0.6 is 11.8 Å². The van der Waals surface area contributed by atoms with Gasteiger partial charge in [-0.15, -0.1) is 6.42 Å². The average molecular weight is 273 g/mol. The normalized spacial score (nSPS) is 9.89. The number of ketones is 1. The van der Waals surface area contributed by atoms with E-state index in [0.29, 0.717) is 10.7 Å². The minimum Gasteiger partial charge on any atom is -0.383 e. The average Bonchev–Trinajstić information content (AvgIpc) is 2.39. The van der Waals surface area contributed by atoms with E-state index in [0.717, 1.165) is 11.8 Å². The summed E-state index contributed by atoms with van der Waals surface area (Å²) in [4.78, 5) is 20.0. The first kappa shape index (κ1) is 13.1. The molecule has 0 radical (unpaired) electrons. The van der Waals surface area contributed by atoms with Gasteiger partial charge in [-0.1, -0.05) is 0 Å². The molecule has 0 spiro atoms. The van der Waals surface area contributed by atoms with Crippen LogP contribution in [0.5, 0.6) is 0 Å². The van der Waals surface area contributed by atoms with Crippen LogP contribution in [-0.4, -0.2) is 15.8 Å². The first-order chi connectivity index (χ1) is 9.11. The van der Waals surface area contributed by atoms with Gasteiger partial charge in [0, 0.05) is 23.5 Å². The number of anilines is 1. The zero-order valence-electron chi connectivity index (χ0n) is 9.63. The molecule has 2 N–H and O–H groups in total. The summed E-state index contributed by atoms with van der Waals surface area (Å²) in [6, 6.07) is 5.15. The van der Waals surface area contributed by atoms with Crippen molar-refractivity contribution in [1.82, 2.24) is 9.97 Å². The third-order valence-electron chi connectivity index (χ3n) is 2.30. The maximum absolute atomic E-state index is 12.8. The highest BCUT2D eigenvalue weighted by Gasteiger charge is 2.14. The van der Waals surface area contributed by atoms with Crippen LogP contribution in [0, 0.1) is 17.5 Å². The standard InChI is InChI=1S/C13H8FN3OS/c1-2-19-13-16-7-10(12(15)17-13)11(18)8-3-5-9(14)6-4-8/h1,3-7H,(H2,15,16,17). The van der Waals surface area contributed by atoms with Crippen LogP contribution in [0.15, 0.2) is 35.6 Å². The van der Waals surface area contributed by atoms with Gasteiger partial charge in [0.15, 0.2) is 5.78 Å². The van der Waals surface area contributed by atoms with Crippen molar-refractivity contribution in [2.45, 2.75) is 5.16 Å². The predicted octanol–water partition coefficient (Wildman–Crippen LogP) is 2.11. The molecule has 0 saturated heterocycles. The molecule has 0 amide bonds. The van der Waals surface area contributed by atoms with E-state index in [1.165, 1.54) is 30.5 Å². The number of benzene rings is 1. The Balaban J connectivity index is 2.34. The lowest BCUT2D eigenvalue weighted by Gasteiger charge is -2.04. The van der Waals surface area contributed by atoms with Crippen molar-refractivity contribution in [3.8, 4) is 11.7 Å². The third-order valence-corrected chi connectivity index (χ3v) is 2.79. The SMILES string of the molecule is C#CSc1ncc(C(=O)c2ccc(F)cc2)c(N)n1. The zero-order valence-corrected chi connectivity index (χ0v) is 10.4. The number of thioether (sulfide) groups is 1. The molecule has 0 saturated carbocycles. The minimum absolute atomic E-state index is 0.0436. The summed E-state index contributed by atoms with van der Waals surface area (Å²) in [5, 5.41) is 2.61. The highest BCUT2D eigenvalue weighted by molar-refractivity contribution is 8.03. The molecule has 1 aromatic heterocycles. The summed E-state index contributed by atoms with van der Waals surface area (Å²) in [6.45, 7) is 0. The molecule has 94 valence electrons. The summed E-state index contributed by atoms with van der Waals surface area (Å²) in [6.07, 6.45) is 6.42. The van der Waals surface area contributed by atoms with Gasteiger partial charge in [0.25, 0.3) is 0 Å². The second kappa shape index (κ2) is 5.50. The van der Waals surface area contributed by atoms with Gasteiger partial charge in [-0.2, -0.15) is 0 Å². The van der Waals surface area contributed by atoms with Crippen molar-refractivity contribution in [2.75, 3.05) is 5.73 Å². The number of terminal acetylenes is 1. The minimum atomic E-state index is -0.415. The number of halogens is 1. The number of nitrogens with two attached hydrogens (primary N) is 1. The van der Waals surface area contributed by atoms with E-state index < -0.39 is 5.82 Å². The van der Waals surface area contributed by atoms with E-state index in [1.54, 1.807) is 0 Å². The van der Waals surface area contributed by atoms with E-state index in [2.05, 4.69) is 15.2 Å². The highest BCUT2D eigenvalue weighted by Crippen LogP contribution is 2.18. The molecule has 19 heavy (non-hydrogen) atoms. The van der Waals surface area contributed by atoms with Crippen molar-refractivity contribution >= 4 is 23.4 Å². The van der Waals surface area contributed by atoms with Crippen molar-refractivity contribution in [3.05, 3.63) is 47.4 Å². The number of hydrogen-bond donors (Lipinski definition) is 1. The summed E-state index contributed by atoms with van der Waals surface area (Å²) in [5.41, 5.74) is 6.17. The number of carbonyl (C=O) groups is 1. The summed E-state index contributed by atoms with van der Waals surface area (Å²) in [5.74, 6) is -0.738. The molecule has 2 aromatic rings. The Bertz CT molecular complexity index is 665. The molecule has 0 aliphatic heterocycles. The molecule has 0 bridgehead atoms. The van der Waals surface area contributed by atoms with Crippen molar-refractivity contribution in [3.63, 3.8) is 0 Å². The number of nitrogen functional groups attached to an aromatic ring is 1. The van der Waals surface area contributed by atoms with E-state index >= 15 is 0 Å². The van der Waals surface area contributed by atoms with Gasteiger partial charge in [-0.3, -0.25) is 4.79 Å². The number of hydrogen-bond acceptors (Lipinski definition) is 5. The molecule has 1 aromatic carbocycles. The zero-order chi connectivity index (χ0) is 13.8. The maximum atomic E-state index is 12.8. The summed E-state index contributed by atoms with van der Waals surface area (Å²) < 4.78 is 12.8. The summed E-state index contributed by atoms with van der Waals surface area (Å²) >= 11 is 0.972. The molecule has 6 heteroatoms. The fourth-order valence-corrected chi connectivity index (χ4v) is 1.77. The van der Waals surface area contributed by atoms with E-state index in [1.807, 2.05) is 0 Å². The largest absolute Gasteiger partial charge is 0.383 e. The third kappa shape index (κ3) is 2.89. The highest BCUT2D eigenvalue weighted by atomic mass is 32.2. The molecular formula is C13H8FN3OS. The van der Waals surface area contributed by atoms with Gasteiger partial charge in [-0.25, -0.2) is 14.4 Å². The molecular weight excluding hydrogens is 265 g/mol. The number of nitrogens with zero attached hydrogens (tertiary/aromatic N) is 2. The van der Waals surface area contributed by atoms with Gasteiger partial charge in [-0.05, 0) is 29.5 Å². The molecule has 0 aliphatic carbocycles. The van der Waals surface area contributed by atoms with Crippen molar-refractivity contribution in [2.24, 2.45) is 0 Å². The Morgan fingerprint density at radius 2 is 2.05 bits per heavy atom. The second-order valence-corrected chi connectivity index (χ2v) is 4.31. The summed E-state index contributed by atoms with van der Waals surface area (Å²) in [7, 11) is 0. The van der Waals surface area contributed by atoms with E-state index in [4.69, 9.17) is 12.2 Å². The van der Waals surface area contributed by atoms with Crippen molar-refractivity contribution < 1.29 is 9.18 Å². The molecule has 0 atom stereocenters. The Hall–Kier alpha value is -2.39. The predicted molar refractivity (Wildman–Crippen MR) is 71.0 cm³/mol. The van der Waals surface area contributed by atoms with Gasteiger partial charge in [0.1, 0.15) is 11.6 Å². The van der Waals surface area contributed by atoms with Gasteiger partial charge in [0.2, 0.25) is 5.16 Å². The van der Waals surface area contributed by atoms with Crippen LogP contribution in [-0.2, 0) is 0 Å². The molecule has 4 nitrogen and oxygen atoms in total. The first-order valence-corrected chi connectivity index (χ1v) is 5.98. The molecule has 0 unspecified atom stereocenters. The molecule has 1 heterocycles.